The molecule has 0 aliphatic heterocycles. The van der Waals surface area contributed by atoms with Gasteiger partial charge in [-0.05, 0) is 45.0 Å². The van der Waals surface area contributed by atoms with E-state index in [9.17, 15) is 0 Å². The largest absolute Gasteiger partial charge is 0.496 e. The summed E-state index contributed by atoms with van der Waals surface area (Å²) in [5.41, 5.74) is 5.89. The van der Waals surface area contributed by atoms with Crippen molar-refractivity contribution in [3.63, 3.8) is 0 Å². The maximum absolute atomic E-state index is 6.04. The number of benzene rings is 1. The van der Waals surface area contributed by atoms with Crippen LogP contribution in [0.25, 0.3) is 33.1 Å². The van der Waals surface area contributed by atoms with E-state index in [0.29, 0.717) is 25.0 Å². The van der Waals surface area contributed by atoms with Gasteiger partial charge in [0, 0.05) is 24.3 Å². The Morgan fingerprint density at radius 1 is 1.06 bits per heavy atom. The molecule has 0 radical (unpaired) electrons. The molecule has 0 spiro atoms. The molecule has 4 aromatic heterocycles. The molecule has 0 aliphatic rings. The third kappa shape index (κ3) is 3.97. The van der Waals surface area contributed by atoms with Gasteiger partial charge in [0.2, 0.25) is 0 Å². The van der Waals surface area contributed by atoms with E-state index in [4.69, 9.17) is 28.7 Å². The number of rotatable bonds is 8. The van der Waals surface area contributed by atoms with Gasteiger partial charge in [0.1, 0.15) is 23.6 Å². The number of ether oxygens (including phenoxy) is 3. The second kappa shape index (κ2) is 9.34. The maximum atomic E-state index is 6.04. The zero-order chi connectivity index (χ0) is 24.5. The molecule has 35 heavy (non-hydrogen) atoms. The number of methoxy groups -OCH3 is 2. The van der Waals surface area contributed by atoms with Gasteiger partial charge in [0.25, 0.3) is 6.01 Å². The topological polar surface area (TPSA) is 97.3 Å². The van der Waals surface area contributed by atoms with Crippen LogP contribution in [0.5, 0.6) is 11.8 Å². The fourth-order valence-electron chi connectivity index (χ4n) is 4.45. The van der Waals surface area contributed by atoms with Gasteiger partial charge >= 0.3 is 0 Å². The second-order valence-electron chi connectivity index (χ2n) is 8.30. The van der Waals surface area contributed by atoms with E-state index in [-0.39, 0.29) is 6.04 Å². The summed E-state index contributed by atoms with van der Waals surface area (Å²) in [4.78, 5) is 14.1. The molecular formula is C26H27N5O4. The number of aryl methyl sites for hydroxylation is 2. The molecule has 1 atom stereocenters. The molecule has 0 fully saturated rings. The van der Waals surface area contributed by atoms with Crippen LogP contribution in [-0.2, 0) is 4.74 Å². The SMILES string of the molecule is COCCOc1nc2cnc3cc(-c4c(C)noc4C)c(OC)cc3c2n1[C@H](C)c1ccccn1. The maximum Gasteiger partial charge on any atom is 0.298 e. The summed E-state index contributed by atoms with van der Waals surface area (Å²) in [7, 11) is 3.30. The lowest BCUT2D eigenvalue weighted by Crippen LogP contribution is -2.13. The minimum atomic E-state index is -0.141. The molecule has 1 aromatic carbocycles. The molecule has 4 heterocycles. The molecule has 0 amide bonds. The first-order valence-corrected chi connectivity index (χ1v) is 11.4. The van der Waals surface area contributed by atoms with Crippen molar-refractivity contribution in [1.29, 1.82) is 0 Å². The van der Waals surface area contributed by atoms with E-state index in [1.54, 1.807) is 26.6 Å². The monoisotopic (exact) mass is 473 g/mol. The van der Waals surface area contributed by atoms with Crippen LogP contribution in [0.1, 0.15) is 30.1 Å². The van der Waals surface area contributed by atoms with Crippen LogP contribution < -0.4 is 9.47 Å². The predicted molar refractivity (Wildman–Crippen MR) is 132 cm³/mol. The predicted octanol–water partition coefficient (Wildman–Crippen LogP) is 4.89. The standard InChI is InChI=1S/C26H27N5O4/c1-15-24(17(3)35-30-15)19-12-21-18(13-23(19)33-5)25-22(14-28-21)29-26(34-11-10-32-4)31(25)16(2)20-8-6-7-9-27-20/h6-9,12-14,16H,10-11H2,1-5H3/t16-/m1/s1. The van der Waals surface area contributed by atoms with E-state index < -0.39 is 0 Å². The molecule has 0 aliphatic carbocycles. The summed E-state index contributed by atoms with van der Waals surface area (Å²) in [5.74, 6) is 1.42. The van der Waals surface area contributed by atoms with E-state index >= 15 is 0 Å². The number of hydrogen-bond acceptors (Lipinski definition) is 8. The quantitative estimate of drug-likeness (QED) is 0.294. The van der Waals surface area contributed by atoms with Crippen LogP contribution in [0, 0.1) is 13.8 Å². The Morgan fingerprint density at radius 3 is 2.60 bits per heavy atom. The van der Waals surface area contributed by atoms with Gasteiger partial charge in [-0.25, -0.2) is 0 Å². The van der Waals surface area contributed by atoms with Gasteiger partial charge < -0.3 is 18.7 Å². The van der Waals surface area contributed by atoms with Crippen LogP contribution in [0.3, 0.4) is 0 Å². The zero-order valence-corrected chi connectivity index (χ0v) is 20.4. The number of pyridine rings is 2. The summed E-state index contributed by atoms with van der Waals surface area (Å²) in [6.07, 6.45) is 3.56. The highest BCUT2D eigenvalue weighted by molar-refractivity contribution is 6.05. The number of fused-ring (bicyclic) bond motifs is 3. The first-order chi connectivity index (χ1) is 17.0. The van der Waals surface area contributed by atoms with Gasteiger partial charge in [-0.3, -0.25) is 14.5 Å². The molecule has 0 bridgehead atoms. The van der Waals surface area contributed by atoms with Crippen LogP contribution in [0.4, 0.5) is 0 Å². The Kier molecular flexibility index (Phi) is 6.08. The molecule has 0 N–H and O–H groups in total. The van der Waals surface area contributed by atoms with Crippen molar-refractivity contribution in [3.8, 4) is 22.9 Å². The Morgan fingerprint density at radius 2 is 1.91 bits per heavy atom. The van der Waals surface area contributed by atoms with Crippen LogP contribution in [-0.4, -0.2) is 52.1 Å². The number of nitrogens with zero attached hydrogens (tertiary/aromatic N) is 5. The van der Waals surface area contributed by atoms with Crippen molar-refractivity contribution in [2.45, 2.75) is 26.8 Å². The van der Waals surface area contributed by atoms with Gasteiger partial charge in [-0.1, -0.05) is 11.2 Å². The minimum absolute atomic E-state index is 0.141. The molecule has 5 rings (SSSR count). The minimum Gasteiger partial charge on any atom is -0.496 e. The zero-order valence-electron chi connectivity index (χ0n) is 20.4. The Balaban J connectivity index is 1.77. The number of imidazole rings is 1. The van der Waals surface area contributed by atoms with Crippen molar-refractivity contribution in [2.24, 2.45) is 0 Å². The summed E-state index contributed by atoms with van der Waals surface area (Å²) >= 11 is 0. The smallest absolute Gasteiger partial charge is 0.298 e. The Hall–Kier alpha value is -3.98. The highest BCUT2D eigenvalue weighted by atomic mass is 16.5. The van der Waals surface area contributed by atoms with E-state index in [1.807, 2.05) is 44.2 Å². The van der Waals surface area contributed by atoms with Crippen LogP contribution in [0.2, 0.25) is 0 Å². The Labute approximate surface area is 202 Å². The highest BCUT2D eigenvalue weighted by Gasteiger charge is 2.24. The van der Waals surface area contributed by atoms with Crippen molar-refractivity contribution in [2.75, 3.05) is 27.4 Å². The molecule has 0 unspecified atom stereocenters. The summed E-state index contributed by atoms with van der Waals surface area (Å²) in [6.45, 7) is 6.71. The van der Waals surface area contributed by atoms with Gasteiger partial charge in [-0.15, -0.1) is 0 Å². The van der Waals surface area contributed by atoms with Crippen molar-refractivity contribution in [1.82, 2.24) is 24.7 Å². The molecular weight excluding hydrogens is 446 g/mol. The van der Waals surface area contributed by atoms with Gasteiger partial charge in [0.15, 0.2) is 0 Å². The lowest BCUT2D eigenvalue weighted by Gasteiger charge is -2.18. The molecule has 0 saturated carbocycles. The molecule has 9 heteroatoms. The van der Waals surface area contributed by atoms with Crippen LogP contribution >= 0.6 is 0 Å². The molecule has 0 saturated heterocycles. The fraction of sp³-hybridized carbons (Fsp3) is 0.308. The van der Waals surface area contributed by atoms with Crippen LogP contribution in [0.15, 0.2) is 47.2 Å². The third-order valence-corrected chi connectivity index (χ3v) is 6.13. The summed E-state index contributed by atoms with van der Waals surface area (Å²) in [5, 5.41) is 5.00. The normalized spacial score (nSPS) is 12.4. The number of hydrogen-bond donors (Lipinski definition) is 0. The number of aromatic nitrogens is 5. The average Bonchev–Trinajstić information content (AvgIpc) is 3.42. The van der Waals surface area contributed by atoms with E-state index in [1.165, 1.54) is 0 Å². The van der Waals surface area contributed by atoms with Crippen molar-refractivity contribution in [3.05, 3.63) is 59.9 Å². The summed E-state index contributed by atoms with van der Waals surface area (Å²) in [6, 6.07) is 10.2. The highest BCUT2D eigenvalue weighted by Crippen LogP contribution is 2.40. The van der Waals surface area contributed by atoms with Crippen molar-refractivity contribution >= 4 is 21.9 Å². The summed E-state index contributed by atoms with van der Waals surface area (Å²) < 4.78 is 24.5. The lowest BCUT2D eigenvalue weighted by atomic mass is 10.0. The fourth-order valence-corrected chi connectivity index (χ4v) is 4.45. The molecule has 9 nitrogen and oxygen atoms in total. The van der Waals surface area contributed by atoms with Gasteiger partial charge in [0.05, 0.1) is 53.9 Å². The second-order valence-corrected chi connectivity index (χ2v) is 8.30. The molecule has 5 aromatic rings. The van der Waals surface area contributed by atoms with E-state index in [0.717, 1.165) is 50.2 Å². The third-order valence-electron chi connectivity index (χ3n) is 6.13. The molecule has 180 valence electrons. The lowest BCUT2D eigenvalue weighted by molar-refractivity contribution is 0.138. The first-order valence-electron chi connectivity index (χ1n) is 11.4. The van der Waals surface area contributed by atoms with E-state index in [2.05, 4.69) is 21.6 Å². The van der Waals surface area contributed by atoms with Crippen molar-refractivity contribution < 1.29 is 18.7 Å². The Bertz CT molecular complexity index is 1470. The van der Waals surface area contributed by atoms with Gasteiger partial charge in [-0.2, -0.15) is 4.98 Å². The first kappa shape index (κ1) is 22.8. The average molecular weight is 474 g/mol.